The second-order valence-corrected chi connectivity index (χ2v) is 5.05. The Kier molecular flexibility index (Phi) is 3.69. The zero-order valence-electron chi connectivity index (χ0n) is 12.4. The second kappa shape index (κ2) is 5.11. The van der Waals surface area contributed by atoms with E-state index in [2.05, 4.69) is 19.9 Å². The second-order valence-electron chi connectivity index (χ2n) is 5.05. The molecule has 1 fully saturated rings. The fraction of sp³-hybridized carbons (Fsp3) is 0.533. The van der Waals surface area contributed by atoms with E-state index < -0.39 is 0 Å². The molecule has 2 amide bonds. The smallest absolute Gasteiger partial charge is 0.320 e. The lowest BCUT2D eigenvalue weighted by Gasteiger charge is -2.22. The van der Waals surface area contributed by atoms with E-state index in [0.29, 0.717) is 0 Å². The average Bonchev–Trinajstić information content (AvgIpc) is 2.69. The molecule has 2 rings (SSSR count). The Morgan fingerprint density at radius 1 is 1.32 bits per heavy atom. The normalized spacial score (nSPS) is 19.2. The summed E-state index contributed by atoms with van der Waals surface area (Å²) >= 11 is 0. The first-order valence-electron chi connectivity index (χ1n) is 6.67. The summed E-state index contributed by atoms with van der Waals surface area (Å²) < 4.78 is 5.34. The van der Waals surface area contributed by atoms with E-state index >= 15 is 0 Å². The summed E-state index contributed by atoms with van der Waals surface area (Å²) in [7, 11) is 3.56. The molecule has 0 spiro atoms. The maximum absolute atomic E-state index is 12.1. The van der Waals surface area contributed by atoms with Crippen LogP contribution in [0.25, 0.3) is 0 Å². The van der Waals surface area contributed by atoms with Crippen molar-refractivity contribution in [1.82, 2.24) is 9.80 Å². The quantitative estimate of drug-likeness (QED) is 0.839. The van der Waals surface area contributed by atoms with E-state index in [4.69, 9.17) is 4.74 Å². The lowest BCUT2D eigenvalue weighted by atomic mass is 9.96. The molecule has 1 aliphatic heterocycles. The molecular formula is C15H22N2O2. The van der Waals surface area contributed by atoms with Crippen LogP contribution in [0.5, 0.6) is 5.75 Å². The average molecular weight is 262 g/mol. The van der Waals surface area contributed by atoms with Crippen LogP contribution in [0.15, 0.2) is 12.1 Å². The van der Waals surface area contributed by atoms with Crippen molar-refractivity contribution in [2.75, 3.05) is 27.2 Å². The number of carbonyl (C=O) groups is 1. The summed E-state index contributed by atoms with van der Waals surface area (Å²) in [5, 5.41) is 0. The molecule has 0 saturated carbocycles. The van der Waals surface area contributed by atoms with Gasteiger partial charge in [0.05, 0.1) is 13.2 Å². The van der Waals surface area contributed by atoms with Crippen LogP contribution in [0.4, 0.5) is 4.79 Å². The zero-order valence-corrected chi connectivity index (χ0v) is 12.4. The lowest BCUT2D eigenvalue weighted by molar-refractivity contribution is 0.197. The van der Waals surface area contributed by atoms with E-state index in [0.717, 1.165) is 24.4 Å². The van der Waals surface area contributed by atoms with Crippen LogP contribution in [-0.4, -0.2) is 43.1 Å². The number of hydrogen-bond acceptors (Lipinski definition) is 2. The number of ether oxygens (including phenoxy) is 1. The molecule has 1 unspecified atom stereocenters. The molecule has 1 saturated heterocycles. The number of amides is 2. The summed E-state index contributed by atoms with van der Waals surface area (Å²) in [5.74, 6) is 0.903. The van der Waals surface area contributed by atoms with Gasteiger partial charge in [-0.15, -0.1) is 0 Å². The molecule has 1 heterocycles. The monoisotopic (exact) mass is 262 g/mol. The molecule has 1 aromatic carbocycles. The molecule has 1 aliphatic rings. The Morgan fingerprint density at radius 3 is 2.53 bits per heavy atom. The first-order valence-corrected chi connectivity index (χ1v) is 6.67. The number of nitrogens with zero attached hydrogens (tertiary/aromatic N) is 2. The molecule has 0 aliphatic carbocycles. The van der Waals surface area contributed by atoms with Gasteiger partial charge < -0.3 is 14.5 Å². The van der Waals surface area contributed by atoms with Crippen molar-refractivity contribution in [2.45, 2.75) is 26.8 Å². The highest BCUT2D eigenvalue weighted by atomic mass is 16.5. The predicted molar refractivity (Wildman–Crippen MR) is 75.6 cm³/mol. The Labute approximate surface area is 115 Å². The van der Waals surface area contributed by atoms with Crippen molar-refractivity contribution in [3.8, 4) is 5.75 Å². The molecule has 4 nitrogen and oxygen atoms in total. The summed E-state index contributed by atoms with van der Waals surface area (Å²) in [6, 6.07) is 4.32. The molecule has 1 atom stereocenters. The highest BCUT2D eigenvalue weighted by Crippen LogP contribution is 2.33. The maximum Gasteiger partial charge on any atom is 0.320 e. The summed E-state index contributed by atoms with van der Waals surface area (Å²) in [6.45, 7) is 7.69. The van der Waals surface area contributed by atoms with Gasteiger partial charge in [0.2, 0.25) is 0 Å². The van der Waals surface area contributed by atoms with E-state index in [1.165, 1.54) is 11.1 Å². The molecule has 0 radical (unpaired) electrons. The van der Waals surface area contributed by atoms with Crippen molar-refractivity contribution in [3.63, 3.8) is 0 Å². The van der Waals surface area contributed by atoms with Crippen molar-refractivity contribution in [1.29, 1.82) is 0 Å². The van der Waals surface area contributed by atoms with Crippen molar-refractivity contribution < 1.29 is 9.53 Å². The van der Waals surface area contributed by atoms with Crippen LogP contribution in [0.3, 0.4) is 0 Å². The number of urea groups is 1. The van der Waals surface area contributed by atoms with E-state index in [-0.39, 0.29) is 12.1 Å². The molecule has 0 aromatic heterocycles. The van der Waals surface area contributed by atoms with Gasteiger partial charge in [-0.05, 0) is 43.5 Å². The Hall–Kier alpha value is -1.71. The summed E-state index contributed by atoms with van der Waals surface area (Å²) in [6.07, 6.45) is 0. The number of rotatable bonds is 3. The summed E-state index contributed by atoms with van der Waals surface area (Å²) in [5.41, 5.74) is 3.57. The van der Waals surface area contributed by atoms with E-state index in [1.807, 2.05) is 29.8 Å². The summed E-state index contributed by atoms with van der Waals surface area (Å²) in [4.78, 5) is 15.8. The largest absolute Gasteiger partial charge is 0.496 e. The maximum atomic E-state index is 12.1. The van der Waals surface area contributed by atoms with Crippen LogP contribution in [0, 0.1) is 13.8 Å². The highest BCUT2D eigenvalue weighted by molar-refractivity contribution is 5.77. The van der Waals surface area contributed by atoms with Crippen LogP contribution in [0.2, 0.25) is 0 Å². The first kappa shape index (κ1) is 13.7. The fourth-order valence-electron chi connectivity index (χ4n) is 2.74. The van der Waals surface area contributed by atoms with Crippen LogP contribution in [0.1, 0.15) is 29.7 Å². The minimum atomic E-state index is 0.111. The van der Waals surface area contributed by atoms with Gasteiger partial charge in [-0.1, -0.05) is 6.07 Å². The predicted octanol–water partition coefficient (Wildman–Crippen LogP) is 2.74. The molecular weight excluding hydrogens is 240 g/mol. The SMILES string of the molecule is CCN1CC(c2ccc(OC)c(C)c2C)N(C)C1=O. The standard InChI is InChI=1S/C15H22N2O2/c1-6-17-9-13(16(4)15(17)18)12-7-8-14(19-5)11(3)10(12)2/h7-8,13H,6,9H2,1-5H3. The molecule has 0 bridgehead atoms. The first-order chi connectivity index (χ1) is 9.01. The Morgan fingerprint density at radius 2 is 2.00 bits per heavy atom. The van der Waals surface area contributed by atoms with Gasteiger partial charge in [-0.25, -0.2) is 4.79 Å². The minimum Gasteiger partial charge on any atom is -0.496 e. The number of benzene rings is 1. The third-order valence-corrected chi connectivity index (χ3v) is 4.17. The number of likely N-dealkylation sites (N-methyl/N-ethyl adjacent to an activating group) is 2. The van der Waals surface area contributed by atoms with E-state index in [9.17, 15) is 4.79 Å². The van der Waals surface area contributed by atoms with Gasteiger partial charge >= 0.3 is 6.03 Å². The van der Waals surface area contributed by atoms with Gasteiger partial charge in [0.25, 0.3) is 0 Å². The molecule has 4 heteroatoms. The van der Waals surface area contributed by atoms with Gasteiger partial charge in [0, 0.05) is 20.1 Å². The molecule has 0 N–H and O–H groups in total. The van der Waals surface area contributed by atoms with Crippen molar-refractivity contribution >= 4 is 6.03 Å². The third-order valence-electron chi connectivity index (χ3n) is 4.17. The van der Waals surface area contributed by atoms with Gasteiger partial charge in [0.1, 0.15) is 5.75 Å². The van der Waals surface area contributed by atoms with Gasteiger partial charge in [0.15, 0.2) is 0 Å². The van der Waals surface area contributed by atoms with E-state index in [1.54, 1.807) is 7.11 Å². The van der Waals surface area contributed by atoms with Crippen molar-refractivity contribution in [2.24, 2.45) is 0 Å². The molecule has 1 aromatic rings. The van der Waals surface area contributed by atoms with Crippen LogP contribution < -0.4 is 4.74 Å². The molecule has 19 heavy (non-hydrogen) atoms. The Balaban J connectivity index is 2.38. The third kappa shape index (κ3) is 2.15. The van der Waals surface area contributed by atoms with Crippen molar-refractivity contribution in [3.05, 3.63) is 28.8 Å². The topological polar surface area (TPSA) is 32.8 Å². The lowest BCUT2D eigenvalue weighted by Crippen LogP contribution is -2.29. The minimum absolute atomic E-state index is 0.111. The van der Waals surface area contributed by atoms with Crippen LogP contribution >= 0.6 is 0 Å². The fourth-order valence-corrected chi connectivity index (χ4v) is 2.74. The zero-order chi connectivity index (χ0) is 14.2. The van der Waals surface area contributed by atoms with Crippen LogP contribution in [-0.2, 0) is 0 Å². The number of hydrogen-bond donors (Lipinski definition) is 0. The number of carbonyl (C=O) groups excluding carboxylic acids is 1. The molecule has 104 valence electrons. The highest BCUT2D eigenvalue weighted by Gasteiger charge is 2.35. The Bertz CT molecular complexity index is 499. The van der Waals surface area contributed by atoms with Gasteiger partial charge in [-0.2, -0.15) is 0 Å². The van der Waals surface area contributed by atoms with Gasteiger partial charge in [-0.3, -0.25) is 0 Å². The number of methoxy groups -OCH3 is 1.